The summed E-state index contributed by atoms with van der Waals surface area (Å²) in [5.41, 5.74) is 9.74. The van der Waals surface area contributed by atoms with Crippen LogP contribution in [0.3, 0.4) is 0 Å². The van der Waals surface area contributed by atoms with Crippen molar-refractivity contribution in [3.05, 3.63) is 77.3 Å². The molecule has 128 valence electrons. The molecule has 0 saturated carbocycles. The minimum absolute atomic E-state index is 0.197. The second-order valence-electron chi connectivity index (χ2n) is 5.75. The quantitative estimate of drug-likeness (QED) is 0.497. The first-order chi connectivity index (χ1) is 12.6. The van der Waals surface area contributed by atoms with Crippen LogP contribution in [0.25, 0.3) is 21.3 Å². The molecule has 0 atom stereocenters. The maximum absolute atomic E-state index is 12.5. The standard InChI is InChI=1S/C20H14ClN3OS/c21-16-10-15(11-17-18(16)24-20(22)26-17)23-19(25)14-8-6-13(7-9-14)12-4-2-1-3-5-12/h1-11H,(H2,22,24)(H,23,25). The lowest BCUT2D eigenvalue weighted by molar-refractivity contribution is 0.102. The lowest BCUT2D eigenvalue weighted by atomic mass is 10.0. The second kappa shape index (κ2) is 6.78. The van der Waals surface area contributed by atoms with E-state index in [4.69, 9.17) is 17.3 Å². The lowest BCUT2D eigenvalue weighted by Crippen LogP contribution is -2.11. The average Bonchev–Trinajstić information content (AvgIpc) is 3.03. The van der Waals surface area contributed by atoms with E-state index in [9.17, 15) is 4.79 Å². The number of nitrogens with zero attached hydrogens (tertiary/aromatic N) is 1. The van der Waals surface area contributed by atoms with Crippen molar-refractivity contribution in [1.82, 2.24) is 4.98 Å². The van der Waals surface area contributed by atoms with Gasteiger partial charge in [-0.3, -0.25) is 4.79 Å². The number of nitrogen functional groups attached to an aromatic ring is 1. The molecule has 1 amide bonds. The summed E-state index contributed by atoms with van der Waals surface area (Å²) in [6.45, 7) is 0. The van der Waals surface area contributed by atoms with Crippen molar-refractivity contribution in [3.8, 4) is 11.1 Å². The van der Waals surface area contributed by atoms with E-state index in [1.807, 2.05) is 60.7 Å². The summed E-state index contributed by atoms with van der Waals surface area (Å²) in [7, 11) is 0. The Bertz CT molecular complexity index is 1090. The van der Waals surface area contributed by atoms with Gasteiger partial charge in [0.25, 0.3) is 5.91 Å². The monoisotopic (exact) mass is 379 g/mol. The van der Waals surface area contributed by atoms with E-state index in [0.717, 1.165) is 15.8 Å². The largest absolute Gasteiger partial charge is 0.375 e. The molecule has 0 spiro atoms. The van der Waals surface area contributed by atoms with E-state index in [1.165, 1.54) is 11.3 Å². The Morgan fingerprint density at radius 3 is 2.42 bits per heavy atom. The van der Waals surface area contributed by atoms with Crippen molar-refractivity contribution in [2.24, 2.45) is 0 Å². The lowest BCUT2D eigenvalue weighted by Gasteiger charge is -2.07. The Kier molecular flexibility index (Phi) is 4.32. The fourth-order valence-corrected chi connectivity index (χ4v) is 3.84. The fourth-order valence-electron chi connectivity index (χ4n) is 2.73. The van der Waals surface area contributed by atoms with Crippen LogP contribution in [-0.2, 0) is 0 Å². The summed E-state index contributed by atoms with van der Waals surface area (Å²) in [6.07, 6.45) is 0. The van der Waals surface area contributed by atoms with Crippen molar-refractivity contribution >= 4 is 49.9 Å². The number of nitrogens with two attached hydrogens (primary N) is 1. The first-order valence-corrected chi connectivity index (χ1v) is 9.12. The van der Waals surface area contributed by atoms with E-state index in [1.54, 1.807) is 6.07 Å². The van der Waals surface area contributed by atoms with Gasteiger partial charge in [-0.2, -0.15) is 0 Å². The highest BCUT2D eigenvalue weighted by molar-refractivity contribution is 7.22. The molecule has 4 aromatic rings. The number of amides is 1. The van der Waals surface area contributed by atoms with Crippen LogP contribution in [0.1, 0.15) is 10.4 Å². The third kappa shape index (κ3) is 3.27. The number of hydrogen-bond acceptors (Lipinski definition) is 4. The molecule has 0 bridgehead atoms. The zero-order chi connectivity index (χ0) is 18.1. The molecule has 26 heavy (non-hydrogen) atoms. The molecule has 0 saturated heterocycles. The fraction of sp³-hybridized carbons (Fsp3) is 0. The second-order valence-corrected chi connectivity index (χ2v) is 7.22. The Labute approximate surface area is 159 Å². The van der Waals surface area contributed by atoms with E-state index in [2.05, 4.69) is 10.3 Å². The molecule has 0 fully saturated rings. The van der Waals surface area contributed by atoms with Gasteiger partial charge in [-0.05, 0) is 35.4 Å². The molecule has 0 unspecified atom stereocenters. The minimum Gasteiger partial charge on any atom is -0.375 e. The van der Waals surface area contributed by atoms with Crippen LogP contribution < -0.4 is 11.1 Å². The highest BCUT2D eigenvalue weighted by Gasteiger charge is 2.11. The van der Waals surface area contributed by atoms with Gasteiger partial charge >= 0.3 is 0 Å². The number of carbonyl (C=O) groups is 1. The number of rotatable bonds is 3. The average molecular weight is 380 g/mol. The highest BCUT2D eigenvalue weighted by Crippen LogP contribution is 2.32. The van der Waals surface area contributed by atoms with E-state index >= 15 is 0 Å². The SMILES string of the molecule is Nc1nc2c(Cl)cc(NC(=O)c3ccc(-c4ccccc4)cc3)cc2s1. The van der Waals surface area contributed by atoms with Gasteiger partial charge in [0.05, 0.1) is 9.72 Å². The molecular weight excluding hydrogens is 366 g/mol. The Balaban J connectivity index is 1.56. The number of hydrogen-bond donors (Lipinski definition) is 2. The number of nitrogens with one attached hydrogen (secondary N) is 1. The molecular formula is C20H14ClN3OS. The molecule has 3 N–H and O–H groups in total. The van der Waals surface area contributed by atoms with Crippen LogP contribution in [-0.4, -0.2) is 10.9 Å². The molecule has 0 radical (unpaired) electrons. The molecule has 0 aliphatic carbocycles. The molecule has 0 aliphatic heterocycles. The summed E-state index contributed by atoms with van der Waals surface area (Å²) in [5, 5.41) is 3.78. The number of carbonyl (C=O) groups excluding carboxylic acids is 1. The number of anilines is 2. The van der Waals surface area contributed by atoms with Crippen LogP contribution in [0.4, 0.5) is 10.8 Å². The van der Waals surface area contributed by atoms with Crippen molar-refractivity contribution in [2.75, 3.05) is 11.1 Å². The summed E-state index contributed by atoms with van der Waals surface area (Å²) in [5.74, 6) is -0.197. The zero-order valence-corrected chi connectivity index (χ0v) is 15.1. The predicted octanol–water partition coefficient (Wildman–Crippen LogP) is 5.45. The molecule has 4 nitrogen and oxygen atoms in total. The highest BCUT2D eigenvalue weighted by atomic mass is 35.5. The zero-order valence-electron chi connectivity index (χ0n) is 13.6. The number of fused-ring (bicyclic) bond motifs is 1. The third-order valence-corrected chi connectivity index (χ3v) is 5.10. The van der Waals surface area contributed by atoms with Crippen LogP contribution >= 0.6 is 22.9 Å². The molecule has 6 heteroatoms. The van der Waals surface area contributed by atoms with Gasteiger partial charge < -0.3 is 11.1 Å². The summed E-state index contributed by atoms with van der Waals surface area (Å²) in [6, 6.07) is 21.0. The van der Waals surface area contributed by atoms with E-state index in [0.29, 0.717) is 26.9 Å². The smallest absolute Gasteiger partial charge is 0.255 e. The molecule has 3 aromatic carbocycles. The van der Waals surface area contributed by atoms with Crippen molar-refractivity contribution in [2.45, 2.75) is 0 Å². The summed E-state index contributed by atoms with van der Waals surface area (Å²) >= 11 is 7.56. The maximum atomic E-state index is 12.5. The van der Waals surface area contributed by atoms with Gasteiger partial charge in [0, 0.05) is 11.3 Å². The minimum atomic E-state index is -0.197. The Hall–Kier alpha value is -2.89. The van der Waals surface area contributed by atoms with Gasteiger partial charge in [0.1, 0.15) is 5.52 Å². The number of aromatic nitrogens is 1. The maximum Gasteiger partial charge on any atom is 0.255 e. The van der Waals surface area contributed by atoms with Crippen LogP contribution in [0.15, 0.2) is 66.7 Å². The van der Waals surface area contributed by atoms with Gasteiger partial charge in [0.2, 0.25) is 0 Å². The first-order valence-electron chi connectivity index (χ1n) is 7.92. The van der Waals surface area contributed by atoms with Crippen molar-refractivity contribution in [3.63, 3.8) is 0 Å². The van der Waals surface area contributed by atoms with Crippen LogP contribution in [0.5, 0.6) is 0 Å². The van der Waals surface area contributed by atoms with Gasteiger partial charge in [-0.25, -0.2) is 4.98 Å². The van der Waals surface area contributed by atoms with Gasteiger partial charge in [-0.1, -0.05) is 65.4 Å². The molecule has 0 aliphatic rings. The number of halogens is 1. The predicted molar refractivity (Wildman–Crippen MR) is 109 cm³/mol. The number of benzene rings is 3. The number of thiazole rings is 1. The van der Waals surface area contributed by atoms with E-state index < -0.39 is 0 Å². The molecule has 1 heterocycles. The van der Waals surface area contributed by atoms with Gasteiger partial charge in [-0.15, -0.1) is 0 Å². The van der Waals surface area contributed by atoms with Crippen molar-refractivity contribution in [1.29, 1.82) is 0 Å². The molecule has 1 aromatic heterocycles. The summed E-state index contributed by atoms with van der Waals surface area (Å²) < 4.78 is 0.838. The van der Waals surface area contributed by atoms with Crippen molar-refractivity contribution < 1.29 is 4.79 Å². The van der Waals surface area contributed by atoms with E-state index in [-0.39, 0.29) is 5.91 Å². The normalized spacial score (nSPS) is 10.8. The Morgan fingerprint density at radius 1 is 1.00 bits per heavy atom. The topological polar surface area (TPSA) is 68.0 Å². The third-order valence-electron chi connectivity index (χ3n) is 3.98. The van der Waals surface area contributed by atoms with Crippen LogP contribution in [0, 0.1) is 0 Å². The first kappa shape index (κ1) is 16.6. The molecule has 4 rings (SSSR count). The summed E-state index contributed by atoms with van der Waals surface area (Å²) in [4.78, 5) is 16.7. The Morgan fingerprint density at radius 2 is 1.69 bits per heavy atom. The van der Waals surface area contributed by atoms with Crippen LogP contribution in [0.2, 0.25) is 5.02 Å². The van der Waals surface area contributed by atoms with Gasteiger partial charge in [0.15, 0.2) is 5.13 Å².